The molecule has 5 heteroatoms. The van der Waals surface area contributed by atoms with Crippen LogP contribution in [0.1, 0.15) is 12.6 Å². The first-order valence-electron chi connectivity index (χ1n) is 4.00. The second-order valence-corrected chi connectivity index (χ2v) is 2.86. The molecule has 0 spiro atoms. The van der Waals surface area contributed by atoms with Gasteiger partial charge >= 0.3 is 5.97 Å². The maximum Gasteiger partial charge on any atom is 0.367 e. The highest BCUT2D eigenvalue weighted by Gasteiger charge is 2.33. The molecule has 1 aromatic heterocycles. The van der Waals surface area contributed by atoms with Gasteiger partial charge in [0.25, 0.3) is 5.79 Å². The molecule has 1 atom stereocenters. The fourth-order valence-electron chi connectivity index (χ4n) is 0.757. The average molecular weight is 196 g/mol. The van der Waals surface area contributed by atoms with Crippen molar-refractivity contribution in [2.75, 3.05) is 0 Å². The van der Waals surface area contributed by atoms with Gasteiger partial charge in [-0.2, -0.15) is 5.11 Å². The van der Waals surface area contributed by atoms with Crippen LogP contribution in [-0.4, -0.2) is 21.8 Å². The molecule has 0 aliphatic carbocycles. The molecule has 14 heavy (non-hydrogen) atoms. The SMILES string of the molecule is CC([O])(OCc1ccccn1)C(=O)O. The quantitative estimate of drug-likeness (QED) is 0.723. The van der Waals surface area contributed by atoms with Crippen molar-refractivity contribution in [1.29, 1.82) is 0 Å². The molecule has 0 saturated heterocycles. The maximum absolute atomic E-state index is 11.1. The van der Waals surface area contributed by atoms with Crippen LogP contribution in [0.2, 0.25) is 0 Å². The van der Waals surface area contributed by atoms with E-state index in [9.17, 15) is 9.90 Å². The molecule has 0 fully saturated rings. The van der Waals surface area contributed by atoms with Gasteiger partial charge in [0.1, 0.15) is 0 Å². The number of carboxylic acids is 1. The van der Waals surface area contributed by atoms with Crippen molar-refractivity contribution >= 4 is 5.97 Å². The number of aromatic nitrogens is 1. The van der Waals surface area contributed by atoms with E-state index in [1.54, 1.807) is 24.4 Å². The van der Waals surface area contributed by atoms with Crippen LogP contribution in [0.4, 0.5) is 0 Å². The first-order valence-corrected chi connectivity index (χ1v) is 4.00. The van der Waals surface area contributed by atoms with Crippen LogP contribution >= 0.6 is 0 Å². The van der Waals surface area contributed by atoms with E-state index in [1.165, 1.54) is 0 Å². The van der Waals surface area contributed by atoms with Crippen LogP contribution in [0.3, 0.4) is 0 Å². The van der Waals surface area contributed by atoms with Crippen LogP contribution in [0.5, 0.6) is 0 Å². The van der Waals surface area contributed by atoms with Crippen LogP contribution in [-0.2, 0) is 21.2 Å². The lowest BCUT2D eigenvalue weighted by molar-refractivity contribution is -0.243. The van der Waals surface area contributed by atoms with E-state index in [-0.39, 0.29) is 6.61 Å². The topological polar surface area (TPSA) is 79.3 Å². The number of nitrogens with zero attached hydrogens (tertiary/aromatic N) is 1. The molecule has 0 aliphatic rings. The van der Waals surface area contributed by atoms with Gasteiger partial charge in [-0.05, 0) is 12.1 Å². The number of rotatable bonds is 4. The number of carbonyl (C=O) groups is 1. The molecule has 0 bridgehead atoms. The zero-order chi connectivity index (χ0) is 10.6. The third kappa shape index (κ3) is 2.79. The van der Waals surface area contributed by atoms with Crippen LogP contribution in [0.15, 0.2) is 24.4 Å². The van der Waals surface area contributed by atoms with Crippen molar-refractivity contribution in [3.8, 4) is 0 Å². The molecule has 1 radical (unpaired) electrons. The van der Waals surface area contributed by atoms with Gasteiger partial charge in [0.15, 0.2) is 0 Å². The maximum atomic E-state index is 11.1. The monoisotopic (exact) mass is 196 g/mol. The summed E-state index contributed by atoms with van der Waals surface area (Å²) >= 11 is 0. The third-order valence-electron chi connectivity index (χ3n) is 1.61. The Kier molecular flexibility index (Phi) is 3.16. The largest absolute Gasteiger partial charge is 0.477 e. The van der Waals surface area contributed by atoms with Crippen molar-refractivity contribution in [1.82, 2.24) is 4.98 Å². The lowest BCUT2D eigenvalue weighted by atomic mass is 10.3. The Balaban J connectivity index is 2.53. The molecule has 1 aromatic rings. The number of hydrogen-bond acceptors (Lipinski definition) is 3. The van der Waals surface area contributed by atoms with Crippen molar-refractivity contribution in [3.63, 3.8) is 0 Å². The third-order valence-corrected chi connectivity index (χ3v) is 1.61. The van der Waals surface area contributed by atoms with Crippen LogP contribution in [0.25, 0.3) is 0 Å². The first kappa shape index (κ1) is 10.6. The van der Waals surface area contributed by atoms with E-state index >= 15 is 0 Å². The van der Waals surface area contributed by atoms with Crippen LogP contribution < -0.4 is 0 Å². The molecular formula is C9H10NO4. The van der Waals surface area contributed by atoms with E-state index < -0.39 is 11.8 Å². The number of ether oxygens (including phenoxy) is 1. The molecule has 75 valence electrons. The summed E-state index contributed by atoms with van der Waals surface area (Å²) in [6, 6.07) is 5.10. The Morgan fingerprint density at radius 2 is 2.36 bits per heavy atom. The van der Waals surface area contributed by atoms with E-state index in [4.69, 9.17) is 5.11 Å². The van der Waals surface area contributed by atoms with Crippen molar-refractivity contribution in [2.45, 2.75) is 19.3 Å². The molecule has 0 saturated carbocycles. The van der Waals surface area contributed by atoms with Crippen LogP contribution in [0, 0.1) is 0 Å². The summed E-state index contributed by atoms with van der Waals surface area (Å²) in [5, 5.41) is 19.6. The smallest absolute Gasteiger partial charge is 0.367 e. The molecule has 1 heterocycles. The molecule has 0 aromatic carbocycles. The molecule has 1 N–H and O–H groups in total. The minimum atomic E-state index is -2.42. The van der Waals surface area contributed by atoms with Crippen molar-refractivity contribution in [2.24, 2.45) is 0 Å². The second kappa shape index (κ2) is 4.17. The molecule has 1 rings (SSSR count). The summed E-state index contributed by atoms with van der Waals surface area (Å²) in [6.07, 6.45) is 1.54. The van der Waals surface area contributed by atoms with Crippen molar-refractivity contribution < 1.29 is 19.7 Å². The Morgan fingerprint density at radius 3 is 2.86 bits per heavy atom. The van der Waals surface area contributed by atoms with E-state index in [0.29, 0.717) is 5.69 Å². The molecule has 0 aliphatic heterocycles. The minimum absolute atomic E-state index is 0.104. The Bertz CT molecular complexity index is 310. The Morgan fingerprint density at radius 1 is 1.64 bits per heavy atom. The van der Waals surface area contributed by atoms with Gasteiger partial charge in [0.2, 0.25) is 0 Å². The predicted molar refractivity (Wildman–Crippen MR) is 45.8 cm³/mol. The molecule has 5 nitrogen and oxygen atoms in total. The summed E-state index contributed by atoms with van der Waals surface area (Å²) in [7, 11) is 0. The fraction of sp³-hybridized carbons (Fsp3) is 0.333. The number of aliphatic carboxylic acids is 1. The van der Waals surface area contributed by atoms with Gasteiger partial charge in [-0.15, -0.1) is 0 Å². The van der Waals surface area contributed by atoms with E-state index in [1.807, 2.05) is 0 Å². The number of pyridine rings is 1. The van der Waals surface area contributed by atoms with E-state index in [0.717, 1.165) is 6.92 Å². The number of hydrogen-bond donors (Lipinski definition) is 1. The molecule has 0 amide bonds. The highest BCUT2D eigenvalue weighted by atomic mass is 16.6. The van der Waals surface area contributed by atoms with Gasteiger partial charge in [-0.3, -0.25) is 4.98 Å². The summed E-state index contributed by atoms with van der Waals surface area (Å²) in [5.74, 6) is -3.95. The average Bonchev–Trinajstić information content (AvgIpc) is 2.16. The fourth-order valence-corrected chi connectivity index (χ4v) is 0.757. The Hall–Kier alpha value is -1.46. The Labute approximate surface area is 81.0 Å². The summed E-state index contributed by atoms with van der Waals surface area (Å²) in [6.45, 7) is 0.853. The highest BCUT2D eigenvalue weighted by molar-refractivity contribution is 5.74. The minimum Gasteiger partial charge on any atom is -0.477 e. The first-order chi connectivity index (χ1) is 6.52. The van der Waals surface area contributed by atoms with Gasteiger partial charge < -0.3 is 9.84 Å². The summed E-state index contributed by atoms with van der Waals surface area (Å²) in [5.41, 5.74) is 0.524. The summed E-state index contributed by atoms with van der Waals surface area (Å²) < 4.78 is 4.66. The standard InChI is InChI=1S/C9H10NO4/c1-9(13,8(11)12)14-6-7-4-2-3-5-10-7/h2-5H,6H2,1H3,(H,11,12). The highest BCUT2D eigenvalue weighted by Crippen LogP contribution is 2.09. The van der Waals surface area contributed by atoms with Gasteiger partial charge in [-0.1, -0.05) is 6.07 Å². The van der Waals surface area contributed by atoms with Gasteiger partial charge in [0.05, 0.1) is 12.3 Å². The zero-order valence-electron chi connectivity index (χ0n) is 7.64. The normalized spacial score (nSPS) is 14.7. The van der Waals surface area contributed by atoms with Crippen molar-refractivity contribution in [3.05, 3.63) is 30.1 Å². The lowest BCUT2D eigenvalue weighted by Crippen LogP contribution is -2.36. The van der Waals surface area contributed by atoms with Gasteiger partial charge in [-0.25, -0.2) is 4.79 Å². The predicted octanol–water partition coefficient (Wildman–Crippen LogP) is 0.829. The number of carboxylic acid groups (broad SMARTS) is 1. The molecule has 1 unspecified atom stereocenters. The second-order valence-electron chi connectivity index (χ2n) is 2.86. The van der Waals surface area contributed by atoms with E-state index in [2.05, 4.69) is 9.72 Å². The van der Waals surface area contributed by atoms with Gasteiger partial charge in [0, 0.05) is 13.1 Å². The molecular weight excluding hydrogens is 186 g/mol. The summed E-state index contributed by atoms with van der Waals surface area (Å²) in [4.78, 5) is 14.3. The zero-order valence-corrected chi connectivity index (χ0v) is 7.64. The lowest BCUT2D eigenvalue weighted by Gasteiger charge is -2.15.